The number of rotatable bonds is 7. The number of ether oxygens (including phenoxy) is 1. The highest BCUT2D eigenvalue weighted by molar-refractivity contribution is 5.73. The van der Waals surface area contributed by atoms with E-state index >= 15 is 0 Å². The first kappa shape index (κ1) is 19.4. The molecule has 5 N–H and O–H groups in total. The number of nitrogens with two attached hydrogens (primary N) is 2. The highest BCUT2D eigenvalue weighted by Crippen LogP contribution is 2.32. The summed E-state index contributed by atoms with van der Waals surface area (Å²) in [6, 6.07) is 10.7. The molecule has 2 rings (SSSR count). The van der Waals surface area contributed by atoms with Crippen LogP contribution in [0.3, 0.4) is 0 Å². The van der Waals surface area contributed by atoms with Gasteiger partial charge in [-0.25, -0.2) is 4.79 Å². The SMILES string of the molecule is CCN(CC)c1ccc([C@@H](NC(N)=O)c2ccc(N)c(OC)c2)c(C)c1. The van der Waals surface area contributed by atoms with E-state index in [0.29, 0.717) is 11.4 Å². The van der Waals surface area contributed by atoms with Gasteiger partial charge in [0, 0.05) is 18.8 Å². The number of hydrogen-bond donors (Lipinski definition) is 3. The maximum atomic E-state index is 11.6. The van der Waals surface area contributed by atoms with Gasteiger partial charge < -0.3 is 26.4 Å². The predicted molar refractivity (Wildman–Crippen MR) is 107 cm³/mol. The van der Waals surface area contributed by atoms with Gasteiger partial charge in [-0.05, 0) is 61.7 Å². The number of aryl methyl sites for hydroxylation is 1. The van der Waals surface area contributed by atoms with Crippen molar-refractivity contribution in [2.45, 2.75) is 26.8 Å². The topological polar surface area (TPSA) is 93.6 Å². The van der Waals surface area contributed by atoms with Crippen LogP contribution in [0.5, 0.6) is 5.75 Å². The average Bonchev–Trinajstić information content (AvgIpc) is 2.61. The monoisotopic (exact) mass is 356 g/mol. The van der Waals surface area contributed by atoms with Crippen molar-refractivity contribution in [1.29, 1.82) is 0 Å². The molecule has 0 unspecified atom stereocenters. The Hall–Kier alpha value is -2.89. The number of primary amides is 1. The second kappa shape index (κ2) is 8.47. The largest absolute Gasteiger partial charge is 0.495 e. The molecule has 6 nitrogen and oxygen atoms in total. The molecule has 0 aliphatic carbocycles. The Morgan fingerprint density at radius 3 is 2.42 bits per heavy atom. The van der Waals surface area contributed by atoms with Crippen LogP contribution in [0.2, 0.25) is 0 Å². The first-order valence-electron chi connectivity index (χ1n) is 8.76. The molecule has 0 bridgehead atoms. The van der Waals surface area contributed by atoms with Crippen molar-refractivity contribution in [2.24, 2.45) is 5.73 Å². The fourth-order valence-electron chi connectivity index (χ4n) is 3.16. The van der Waals surface area contributed by atoms with Crippen LogP contribution in [0.4, 0.5) is 16.2 Å². The lowest BCUT2D eigenvalue weighted by Crippen LogP contribution is -2.34. The van der Waals surface area contributed by atoms with E-state index in [1.165, 1.54) is 0 Å². The van der Waals surface area contributed by atoms with Crippen LogP contribution in [0.15, 0.2) is 36.4 Å². The highest BCUT2D eigenvalue weighted by Gasteiger charge is 2.19. The number of nitrogens with one attached hydrogen (secondary N) is 1. The fraction of sp³-hybridized carbons (Fsp3) is 0.350. The van der Waals surface area contributed by atoms with E-state index in [1.807, 2.05) is 25.1 Å². The summed E-state index contributed by atoms with van der Waals surface area (Å²) in [4.78, 5) is 13.9. The molecule has 6 heteroatoms. The number of anilines is 2. The number of hydrogen-bond acceptors (Lipinski definition) is 4. The second-order valence-electron chi connectivity index (χ2n) is 6.16. The number of nitrogen functional groups attached to an aromatic ring is 1. The van der Waals surface area contributed by atoms with Gasteiger partial charge in [-0.3, -0.25) is 0 Å². The number of nitrogens with zero attached hydrogens (tertiary/aromatic N) is 1. The standard InChI is InChI=1S/C20H28N4O2/c1-5-24(6-2)15-8-9-16(13(3)11-15)19(23-20(22)25)14-7-10-17(21)18(12-14)26-4/h7-12,19H,5-6,21H2,1-4H3,(H3,22,23,25)/t19-/m0/s1. The smallest absolute Gasteiger partial charge is 0.312 e. The zero-order valence-corrected chi connectivity index (χ0v) is 15.9. The molecule has 0 aliphatic rings. The number of benzene rings is 2. The molecule has 0 spiro atoms. The molecule has 0 saturated carbocycles. The lowest BCUT2D eigenvalue weighted by atomic mass is 9.94. The van der Waals surface area contributed by atoms with Crippen LogP contribution in [-0.4, -0.2) is 26.2 Å². The van der Waals surface area contributed by atoms with Gasteiger partial charge in [-0.15, -0.1) is 0 Å². The van der Waals surface area contributed by atoms with Gasteiger partial charge in [0.25, 0.3) is 0 Å². The van der Waals surface area contributed by atoms with Crippen molar-refractivity contribution >= 4 is 17.4 Å². The molecule has 0 radical (unpaired) electrons. The normalized spacial score (nSPS) is 11.7. The second-order valence-corrected chi connectivity index (χ2v) is 6.16. The van der Waals surface area contributed by atoms with Gasteiger partial charge in [0.2, 0.25) is 0 Å². The predicted octanol–water partition coefficient (Wildman–Crippen LogP) is 3.19. The third kappa shape index (κ3) is 4.20. The van der Waals surface area contributed by atoms with Crippen LogP contribution in [0, 0.1) is 6.92 Å². The minimum absolute atomic E-state index is 0.382. The molecular formula is C20H28N4O2. The lowest BCUT2D eigenvalue weighted by molar-refractivity contribution is 0.247. The maximum absolute atomic E-state index is 11.6. The highest BCUT2D eigenvalue weighted by atomic mass is 16.5. The molecule has 140 valence electrons. The van der Waals surface area contributed by atoms with Crippen LogP contribution < -0.4 is 26.4 Å². The molecule has 2 amide bonds. The number of amides is 2. The minimum Gasteiger partial charge on any atom is -0.495 e. The van der Waals surface area contributed by atoms with Gasteiger partial charge in [-0.1, -0.05) is 12.1 Å². The van der Waals surface area contributed by atoms with Gasteiger partial charge in [-0.2, -0.15) is 0 Å². The van der Waals surface area contributed by atoms with Crippen molar-refractivity contribution in [1.82, 2.24) is 5.32 Å². The molecule has 1 atom stereocenters. The van der Waals surface area contributed by atoms with Gasteiger partial charge >= 0.3 is 6.03 Å². The van der Waals surface area contributed by atoms with Crippen LogP contribution in [0.25, 0.3) is 0 Å². The Labute approximate surface area is 155 Å². The van der Waals surface area contributed by atoms with Crippen molar-refractivity contribution in [3.63, 3.8) is 0 Å². The van der Waals surface area contributed by atoms with Crippen molar-refractivity contribution < 1.29 is 9.53 Å². The number of carbonyl (C=O) groups is 1. The third-order valence-corrected chi connectivity index (χ3v) is 4.57. The first-order chi connectivity index (χ1) is 12.4. The number of carbonyl (C=O) groups excluding carboxylic acids is 1. The molecule has 2 aromatic rings. The van der Waals surface area contributed by atoms with Gasteiger partial charge in [0.1, 0.15) is 5.75 Å². The molecule has 0 aliphatic heterocycles. The molecule has 0 aromatic heterocycles. The van der Waals surface area contributed by atoms with E-state index in [-0.39, 0.29) is 6.04 Å². The molecule has 0 heterocycles. The average molecular weight is 356 g/mol. The van der Waals surface area contributed by atoms with E-state index < -0.39 is 6.03 Å². The van der Waals surface area contributed by atoms with E-state index in [2.05, 4.69) is 36.2 Å². The van der Waals surface area contributed by atoms with Crippen molar-refractivity contribution in [3.8, 4) is 5.75 Å². The summed E-state index contributed by atoms with van der Waals surface area (Å²) in [5, 5.41) is 2.83. The molecule has 2 aromatic carbocycles. The van der Waals surface area contributed by atoms with Crippen LogP contribution >= 0.6 is 0 Å². The Kier molecular flexibility index (Phi) is 6.33. The third-order valence-electron chi connectivity index (χ3n) is 4.57. The summed E-state index contributed by atoms with van der Waals surface area (Å²) < 4.78 is 5.31. The van der Waals surface area contributed by atoms with Gasteiger partial charge in [0.05, 0.1) is 18.8 Å². The summed E-state index contributed by atoms with van der Waals surface area (Å²) in [5.74, 6) is 0.566. The van der Waals surface area contributed by atoms with Gasteiger partial charge in [0.15, 0.2) is 0 Å². The Balaban J connectivity index is 2.49. The number of urea groups is 1. The quantitative estimate of drug-likeness (QED) is 0.664. The summed E-state index contributed by atoms with van der Waals surface area (Å²) in [7, 11) is 1.57. The van der Waals surface area contributed by atoms with E-state index in [9.17, 15) is 4.79 Å². The van der Waals surface area contributed by atoms with E-state index in [0.717, 1.165) is 35.5 Å². The summed E-state index contributed by atoms with van der Waals surface area (Å²) in [5.41, 5.74) is 15.9. The molecular weight excluding hydrogens is 328 g/mol. The Morgan fingerprint density at radius 1 is 1.19 bits per heavy atom. The lowest BCUT2D eigenvalue weighted by Gasteiger charge is -2.25. The summed E-state index contributed by atoms with van der Waals surface area (Å²) >= 11 is 0. The van der Waals surface area contributed by atoms with E-state index in [4.69, 9.17) is 16.2 Å². The maximum Gasteiger partial charge on any atom is 0.312 e. The number of methoxy groups -OCH3 is 1. The zero-order chi connectivity index (χ0) is 19.3. The molecule has 26 heavy (non-hydrogen) atoms. The fourth-order valence-corrected chi connectivity index (χ4v) is 3.16. The zero-order valence-electron chi connectivity index (χ0n) is 15.9. The van der Waals surface area contributed by atoms with Crippen molar-refractivity contribution in [3.05, 3.63) is 53.1 Å². The molecule has 0 fully saturated rings. The first-order valence-corrected chi connectivity index (χ1v) is 8.76. The molecule has 0 saturated heterocycles. The summed E-state index contributed by atoms with van der Waals surface area (Å²) in [6.07, 6.45) is 0. The summed E-state index contributed by atoms with van der Waals surface area (Å²) in [6.45, 7) is 8.17. The van der Waals surface area contributed by atoms with Crippen molar-refractivity contribution in [2.75, 3.05) is 30.8 Å². The van der Waals surface area contributed by atoms with E-state index in [1.54, 1.807) is 13.2 Å². The van der Waals surface area contributed by atoms with Crippen LogP contribution in [-0.2, 0) is 0 Å². The Morgan fingerprint density at radius 2 is 1.88 bits per heavy atom. The minimum atomic E-state index is -0.585. The van der Waals surface area contributed by atoms with Crippen LogP contribution in [0.1, 0.15) is 36.6 Å². The Bertz CT molecular complexity index is 772.